The third-order valence-corrected chi connectivity index (χ3v) is 3.41. The van der Waals surface area contributed by atoms with Crippen molar-refractivity contribution < 1.29 is 14.3 Å². The third-order valence-electron chi connectivity index (χ3n) is 3.41. The van der Waals surface area contributed by atoms with E-state index >= 15 is 0 Å². The molecular weight excluding hydrogens is 264 g/mol. The third kappa shape index (κ3) is 6.48. The van der Waals surface area contributed by atoms with Crippen molar-refractivity contribution in [1.82, 2.24) is 0 Å². The van der Waals surface area contributed by atoms with Gasteiger partial charge in [0.05, 0.1) is 7.11 Å². The summed E-state index contributed by atoms with van der Waals surface area (Å²) in [7, 11) is 1.62. The second-order valence-corrected chi connectivity index (χ2v) is 5.04. The van der Waals surface area contributed by atoms with Crippen LogP contribution < -0.4 is 4.74 Å². The van der Waals surface area contributed by atoms with Crippen LogP contribution in [0, 0.1) is 0 Å². The second-order valence-electron chi connectivity index (χ2n) is 5.04. The molecule has 1 atom stereocenters. The maximum atomic E-state index is 11.9. The van der Waals surface area contributed by atoms with Crippen LogP contribution in [0.1, 0.15) is 51.5 Å². The molecule has 0 N–H and O–H groups in total. The minimum absolute atomic E-state index is 0.0198. The largest absolute Gasteiger partial charge is 0.496 e. The maximum Gasteiger partial charge on any atom is 0.331 e. The summed E-state index contributed by atoms with van der Waals surface area (Å²) in [6.07, 6.45) is 8.50. The van der Waals surface area contributed by atoms with E-state index in [1.165, 1.54) is 18.9 Å². The summed E-state index contributed by atoms with van der Waals surface area (Å²) in [4.78, 5) is 11.9. The number of benzene rings is 1. The SMILES string of the molecule is CCCCCC(CC)OC(=O)C=Cc1ccccc1OC. The van der Waals surface area contributed by atoms with Gasteiger partial charge in [0.2, 0.25) is 0 Å². The van der Waals surface area contributed by atoms with Crippen LogP contribution in [0.25, 0.3) is 6.08 Å². The molecule has 0 aliphatic carbocycles. The van der Waals surface area contributed by atoms with Crippen LogP contribution in [0.4, 0.5) is 0 Å². The average Bonchev–Trinajstić information content (AvgIpc) is 2.52. The topological polar surface area (TPSA) is 35.5 Å². The van der Waals surface area contributed by atoms with Crippen molar-refractivity contribution in [2.24, 2.45) is 0 Å². The van der Waals surface area contributed by atoms with E-state index in [9.17, 15) is 4.79 Å². The Morgan fingerprint density at radius 1 is 1.24 bits per heavy atom. The molecule has 0 fully saturated rings. The van der Waals surface area contributed by atoms with Crippen LogP contribution in [-0.4, -0.2) is 19.2 Å². The number of methoxy groups -OCH3 is 1. The summed E-state index contributed by atoms with van der Waals surface area (Å²) < 4.78 is 10.7. The quantitative estimate of drug-likeness (QED) is 0.378. The number of rotatable bonds is 9. The molecule has 1 aromatic carbocycles. The first-order valence-electron chi connectivity index (χ1n) is 7.73. The summed E-state index contributed by atoms with van der Waals surface area (Å²) in [5, 5.41) is 0. The Morgan fingerprint density at radius 2 is 2.00 bits per heavy atom. The number of para-hydroxylation sites is 1. The number of unbranched alkanes of at least 4 members (excludes halogenated alkanes) is 2. The number of hydrogen-bond donors (Lipinski definition) is 0. The van der Waals surface area contributed by atoms with Gasteiger partial charge in [-0.05, 0) is 31.4 Å². The molecule has 1 unspecified atom stereocenters. The number of carbonyl (C=O) groups is 1. The summed E-state index contributed by atoms with van der Waals surface area (Å²) in [6, 6.07) is 7.58. The Hall–Kier alpha value is -1.77. The van der Waals surface area contributed by atoms with Crippen LogP contribution >= 0.6 is 0 Å². The summed E-state index contributed by atoms with van der Waals surface area (Å²) in [5.41, 5.74) is 0.871. The molecule has 0 saturated heterocycles. The number of carbonyl (C=O) groups excluding carboxylic acids is 1. The smallest absolute Gasteiger partial charge is 0.331 e. The van der Waals surface area contributed by atoms with Crippen LogP contribution in [0.3, 0.4) is 0 Å². The van der Waals surface area contributed by atoms with Gasteiger partial charge in [0, 0.05) is 11.6 Å². The van der Waals surface area contributed by atoms with E-state index in [2.05, 4.69) is 6.92 Å². The van der Waals surface area contributed by atoms with Gasteiger partial charge in [-0.25, -0.2) is 4.79 Å². The van der Waals surface area contributed by atoms with Crippen LogP contribution in [-0.2, 0) is 9.53 Å². The molecule has 3 heteroatoms. The lowest BCUT2D eigenvalue weighted by atomic mass is 10.1. The normalized spacial score (nSPS) is 12.3. The first kappa shape index (κ1) is 17.3. The summed E-state index contributed by atoms with van der Waals surface area (Å²) >= 11 is 0. The van der Waals surface area contributed by atoms with Crippen molar-refractivity contribution in [3.8, 4) is 5.75 Å². The van der Waals surface area contributed by atoms with Crippen molar-refractivity contribution in [2.75, 3.05) is 7.11 Å². The van der Waals surface area contributed by atoms with Gasteiger partial charge >= 0.3 is 5.97 Å². The highest BCUT2D eigenvalue weighted by atomic mass is 16.5. The van der Waals surface area contributed by atoms with E-state index in [4.69, 9.17) is 9.47 Å². The molecule has 0 heterocycles. The predicted molar refractivity (Wildman–Crippen MR) is 86.3 cm³/mol. The minimum atomic E-state index is -0.288. The molecule has 116 valence electrons. The molecule has 0 aliphatic rings. The molecule has 0 aliphatic heterocycles. The fourth-order valence-corrected chi connectivity index (χ4v) is 2.13. The monoisotopic (exact) mass is 290 g/mol. The average molecular weight is 290 g/mol. The van der Waals surface area contributed by atoms with Gasteiger partial charge in [-0.3, -0.25) is 0 Å². The van der Waals surface area contributed by atoms with E-state index < -0.39 is 0 Å². The highest BCUT2D eigenvalue weighted by molar-refractivity contribution is 5.87. The van der Waals surface area contributed by atoms with E-state index in [0.29, 0.717) is 0 Å². The standard InChI is InChI=1S/C18H26O3/c1-4-6-7-11-16(5-2)21-18(19)14-13-15-10-8-9-12-17(15)20-3/h8-10,12-14,16H,4-7,11H2,1-3H3. The predicted octanol–water partition coefficient (Wildman–Crippen LogP) is 4.61. The zero-order chi connectivity index (χ0) is 15.5. The van der Waals surface area contributed by atoms with Crippen molar-refractivity contribution in [2.45, 2.75) is 52.1 Å². The van der Waals surface area contributed by atoms with Gasteiger partial charge in [0.25, 0.3) is 0 Å². The molecule has 0 radical (unpaired) electrons. The van der Waals surface area contributed by atoms with Crippen LogP contribution in [0.15, 0.2) is 30.3 Å². The summed E-state index contributed by atoms with van der Waals surface area (Å²) in [5.74, 6) is 0.459. The zero-order valence-electron chi connectivity index (χ0n) is 13.3. The highest BCUT2D eigenvalue weighted by Gasteiger charge is 2.10. The van der Waals surface area contributed by atoms with E-state index in [1.807, 2.05) is 31.2 Å². The van der Waals surface area contributed by atoms with E-state index in [1.54, 1.807) is 13.2 Å². The first-order chi connectivity index (χ1) is 10.2. The Balaban J connectivity index is 2.53. The molecule has 0 amide bonds. The van der Waals surface area contributed by atoms with Gasteiger partial charge < -0.3 is 9.47 Å². The van der Waals surface area contributed by atoms with Crippen LogP contribution in [0.5, 0.6) is 5.75 Å². The first-order valence-corrected chi connectivity index (χ1v) is 7.73. The molecule has 0 bridgehead atoms. The molecule has 0 spiro atoms. The molecule has 0 saturated carbocycles. The van der Waals surface area contributed by atoms with Gasteiger partial charge in [-0.15, -0.1) is 0 Å². The minimum Gasteiger partial charge on any atom is -0.496 e. The molecule has 3 nitrogen and oxygen atoms in total. The fourth-order valence-electron chi connectivity index (χ4n) is 2.13. The maximum absolute atomic E-state index is 11.9. The Bertz CT molecular complexity index is 452. The molecule has 1 aromatic rings. The highest BCUT2D eigenvalue weighted by Crippen LogP contribution is 2.19. The zero-order valence-corrected chi connectivity index (χ0v) is 13.3. The van der Waals surface area contributed by atoms with Crippen molar-refractivity contribution in [3.63, 3.8) is 0 Å². The van der Waals surface area contributed by atoms with Crippen LogP contribution in [0.2, 0.25) is 0 Å². The second kappa shape index (κ2) is 10.0. The molecule has 21 heavy (non-hydrogen) atoms. The molecule has 1 rings (SSSR count). The van der Waals surface area contributed by atoms with Crippen molar-refractivity contribution >= 4 is 12.0 Å². The van der Waals surface area contributed by atoms with Crippen molar-refractivity contribution in [3.05, 3.63) is 35.9 Å². The Labute approximate surface area is 128 Å². The lowest BCUT2D eigenvalue weighted by Gasteiger charge is -2.14. The Kier molecular flexibility index (Phi) is 8.25. The van der Waals surface area contributed by atoms with Gasteiger partial charge in [0.15, 0.2) is 0 Å². The van der Waals surface area contributed by atoms with Gasteiger partial charge in [-0.1, -0.05) is 44.9 Å². The van der Waals surface area contributed by atoms with E-state index in [-0.39, 0.29) is 12.1 Å². The number of esters is 1. The lowest BCUT2D eigenvalue weighted by molar-refractivity contribution is -0.143. The van der Waals surface area contributed by atoms with Crippen molar-refractivity contribution in [1.29, 1.82) is 0 Å². The molecule has 0 aromatic heterocycles. The fraction of sp³-hybridized carbons (Fsp3) is 0.500. The van der Waals surface area contributed by atoms with E-state index in [0.717, 1.165) is 30.6 Å². The molecular formula is C18H26O3. The number of ether oxygens (including phenoxy) is 2. The lowest BCUT2D eigenvalue weighted by Crippen LogP contribution is -2.15. The van der Waals surface area contributed by atoms with Gasteiger partial charge in [0.1, 0.15) is 11.9 Å². The summed E-state index contributed by atoms with van der Waals surface area (Å²) in [6.45, 7) is 4.22. The number of hydrogen-bond acceptors (Lipinski definition) is 3. The van der Waals surface area contributed by atoms with Gasteiger partial charge in [-0.2, -0.15) is 0 Å². The Morgan fingerprint density at radius 3 is 2.67 bits per heavy atom.